The predicted molar refractivity (Wildman–Crippen MR) is 42.3 cm³/mol. The van der Waals surface area contributed by atoms with E-state index in [0.717, 1.165) is 5.57 Å². The summed E-state index contributed by atoms with van der Waals surface area (Å²) in [6, 6.07) is 0. The molecule has 9 heavy (non-hydrogen) atoms. The summed E-state index contributed by atoms with van der Waals surface area (Å²) in [5.41, 5.74) is 4.05. The predicted octanol–water partition coefficient (Wildman–Crippen LogP) is 2.93. The highest BCUT2D eigenvalue weighted by Crippen LogP contribution is 2.25. The zero-order valence-electron chi connectivity index (χ0n) is 6.49. The summed E-state index contributed by atoms with van der Waals surface area (Å²) in [4.78, 5) is 0. The first kappa shape index (κ1) is 8.26. The molecule has 0 saturated heterocycles. The van der Waals surface area contributed by atoms with Gasteiger partial charge in [-0.15, -0.1) is 12.3 Å². The van der Waals surface area contributed by atoms with Crippen LogP contribution in [0.3, 0.4) is 0 Å². The lowest BCUT2D eigenvalue weighted by molar-refractivity contribution is 0.583. The van der Waals surface area contributed by atoms with Crippen LogP contribution >= 0.6 is 0 Å². The average molecular weight is 122 g/mol. The topological polar surface area (TPSA) is 0 Å². The van der Waals surface area contributed by atoms with Gasteiger partial charge < -0.3 is 0 Å². The number of hydrogen-bond acceptors (Lipinski definition) is 0. The smallest absolute Gasteiger partial charge is 0.0104 e. The second-order valence-corrected chi connectivity index (χ2v) is 2.73. The van der Waals surface area contributed by atoms with Gasteiger partial charge in [-0.2, -0.15) is 0 Å². The highest BCUT2D eigenvalue weighted by atomic mass is 14.2. The molecule has 50 valence electrons. The van der Waals surface area contributed by atoms with Gasteiger partial charge in [-0.25, -0.2) is 0 Å². The summed E-state index contributed by atoms with van der Waals surface area (Å²) in [6.45, 7) is 13.5. The molecule has 0 N–H and O–H groups in total. The van der Waals surface area contributed by atoms with Crippen molar-refractivity contribution in [2.24, 2.45) is 5.41 Å². The lowest BCUT2D eigenvalue weighted by atomic mass is 9.86. The van der Waals surface area contributed by atoms with Crippen molar-refractivity contribution in [2.75, 3.05) is 0 Å². The molecule has 0 aliphatic rings. The monoisotopic (exact) mass is 122 g/mol. The van der Waals surface area contributed by atoms with Crippen LogP contribution in [0, 0.1) is 5.41 Å². The van der Waals surface area contributed by atoms with Crippen molar-refractivity contribution in [3.05, 3.63) is 30.5 Å². The Morgan fingerprint density at radius 3 is 2.11 bits per heavy atom. The van der Waals surface area contributed by atoms with Crippen molar-refractivity contribution in [3.63, 3.8) is 0 Å². The van der Waals surface area contributed by atoms with Gasteiger partial charge in [0.2, 0.25) is 0 Å². The van der Waals surface area contributed by atoms with E-state index in [2.05, 4.69) is 32.7 Å². The number of allylic oxidation sites excluding steroid dienone is 2. The molecule has 0 amide bonds. The van der Waals surface area contributed by atoms with Crippen LogP contribution < -0.4 is 0 Å². The van der Waals surface area contributed by atoms with E-state index in [4.69, 9.17) is 0 Å². The van der Waals surface area contributed by atoms with Crippen LogP contribution in [0.1, 0.15) is 20.8 Å². The minimum atomic E-state index is 0.0573. The van der Waals surface area contributed by atoms with Gasteiger partial charge in [0.1, 0.15) is 0 Å². The summed E-state index contributed by atoms with van der Waals surface area (Å²) in [5, 5.41) is 0. The maximum absolute atomic E-state index is 3.71. The van der Waals surface area contributed by atoms with E-state index in [0.29, 0.717) is 0 Å². The van der Waals surface area contributed by atoms with Gasteiger partial charge in [0.15, 0.2) is 0 Å². The summed E-state index contributed by atoms with van der Waals surface area (Å²) >= 11 is 0. The molecule has 0 fully saturated rings. The Kier molecular flexibility index (Phi) is 2.48. The molecule has 0 aromatic heterocycles. The minimum absolute atomic E-state index is 0.0573. The molecule has 0 aromatic rings. The Balaban J connectivity index is 4.52. The second-order valence-electron chi connectivity index (χ2n) is 2.73. The molecular weight excluding hydrogens is 108 g/mol. The van der Waals surface area contributed by atoms with Gasteiger partial charge in [0.05, 0.1) is 0 Å². The van der Waals surface area contributed by atoms with Crippen molar-refractivity contribution in [2.45, 2.75) is 20.8 Å². The van der Waals surface area contributed by atoms with Crippen LogP contribution in [-0.2, 0) is 0 Å². The van der Waals surface area contributed by atoms with Crippen molar-refractivity contribution >= 4 is 0 Å². The van der Waals surface area contributed by atoms with Crippen LogP contribution in [0.4, 0.5) is 0 Å². The molecule has 0 saturated carbocycles. The minimum Gasteiger partial charge on any atom is -0.129 e. The molecule has 0 atom stereocenters. The molecular formula is C9H14. The number of rotatable bonds is 2. The molecule has 0 aliphatic heterocycles. The molecule has 0 radical (unpaired) electrons. The van der Waals surface area contributed by atoms with Crippen LogP contribution in [-0.4, -0.2) is 0 Å². The van der Waals surface area contributed by atoms with Crippen LogP contribution in [0.2, 0.25) is 0 Å². The summed E-state index contributed by atoms with van der Waals surface area (Å²) < 4.78 is 0. The normalized spacial score (nSPS) is 10.1. The Hall–Kier alpha value is -0.740. The van der Waals surface area contributed by atoms with Gasteiger partial charge in [-0.05, 0) is 12.5 Å². The molecule has 0 unspecified atom stereocenters. The van der Waals surface area contributed by atoms with E-state index in [-0.39, 0.29) is 5.41 Å². The van der Waals surface area contributed by atoms with Crippen molar-refractivity contribution < 1.29 is 0 Å². The Bertz CT molecular complexity index is 155. The lowest BCUT2D eigenvalue weighted by Crippen LogP contribution is -2.06. The molecule has 0 spiro atoms. The van der Waals surface area contributed by atoms with E-state index in [1.54, 1.807) is 0 Å². The number of hydrogen-bond donors (Lipinski definition) is 0. The molecule has 0 aliphatic carbocycles. The molecule has 0 heteroatoms. The summed E-state index contributed by atoms with van der Waals surface area (Å²) in [6.07, 6.45) is 1.90. The van der Waals surface area contributed by atoms with Gasteiger partial charge in [-0.1, -0.05) is 26.5 Å². The molecule has 0 heterocycles. The van der Waals surface area contributed by atoms with Gasteiger partial charge in [-0.3, -0.25) is 0 Å². The Morgan fingerprint density at radius 1 is 1.56 bits per heavy atom. The van der Waals surface area contributed by atoms with E-state index in [1.807, 2.05) is 13.0 Å². The summed E-state index contributed by atoms with van der Waals surface area (Å²) in [7, 11) is 0. The first-order valence-electron chi connectivity index (χ1n) is 3.05. The van der Waals surface area contributed by atoms with Crippen molar-refractivity contribution in [3.8, 4) is 0 Å². The Morgan fingerprint density at radius 2 is 2.00 bits per heavy atom. The van der Waals surface area contributed by atoms with Crippen LogP contribution in [0.5, 0.6) is 0 Å². The second kappa shape index (κ2) is 2.70. The van der Waals surface area contributed by atoms with E-state index >= 15 is 0 Å². The SMILES string of the molecule is C=C=C(C)C(C)(C)C=C. The van der Waals surface area contributed by atoms with Crippen LogP contribution in [0.25, 0.3) is 0 Å². The standard InChI is InChI=1S/C9H14/c1-6-8(3)9(4,5)7-2/h7H,1-2H2,3-5H3. The lowest BCUT2D eigenvalue weighted by Gasteiger charge is -2.18. The van der Waals surface area contributed by atoms with E-state index < -0.39 is 0 Å². The molecule has 0 aromatic carbocycles. The highest BCUT2D eigenvalue weighted by Gasteiger charge is 2.13. The first-order valence-corrected chi connectivity index (χ1v) is 3.05. The molecule has 0 nitrogen and oxygen atoms in total. The average Bonchev–Trinajstić information content (AvgIpc) is 1.86. The largest absolute Gasteiger partial charge is 0.129 e. The third-order valence-electron chi connectivity index (χ3n) is 1.74. The maximum Gasteiger partial charge on any atom is 0.0104 e. The fourth-order valence-corrected chi connectivity index (χ4v) is 0.381. The molecule has 0 rings (SSSR count). The fraction of sp³-hybridized carbons (Fsp3) is 0.444. The van der Waals surface area contributed by atoms with E-state index in [1.165, 1.54) is 0 Å². The zero-order valence-corrected chi connectivity index (χ0v) is 6.49. The van der Waals surface area contributed by atoms with Crippen molar-refractivity contribution in [1.29, 1.82) is 0 Å². The van der Waals surface area contributed by atoms with E-state index in [9.17, 15) is 0 Å². The van der Waals surface area contributed by atoms with Gasteiger partial charge in [0, 0.05) is 5.41 Å². The highest BCUT2D eigenvalue weighted by molar-refractivity contribution is 5.13. The molecule has 0 bridgehead atoms. The third-order valence-corrected chi connectivity index (χ3v) is 1.74. The zero-order chi connectivity index (χ0) is 7.49. The van der Waals surface area contributed by atoms with Gasteiger partial charge >= 0.3 is 0 Å². The van der Waals surface area contributed by atoms with Crippen LogP contribution in [0.15, 0.2) is 30.5 Å². The van der Waals surface area contributed by atoms with Gasteiger partial charge in [0.25, 0.3) is 0 Å². The Labute approximate surface area is 57.6 Å². The van der Waals surface area contributed by atoms with Crippen molar-refractivity contribution in [1.82, 2.24) is 0 Å². The maximum atomic E-state index is 3.71. The fourth-order valence-electron chi connectivity index (χ4n) is 0.381. The quantitative estimate of drug-likeness (QED) is 0.390. The summed E-state index contributed by atoms with van der Waals surface area (Å²) in [5.74, 6) is 0. The third kappa shape index (κ3) is 1.91. The first-order chi connectivity index (χ1) is 4.04.